The Labute approximate surface area is 351 Å². The normalized spacial score (nSPS) is 11.9. The second-order valence-corrected chi connectivity index (χ2v) is 15.7. The minimum absolute atomic E-state index is 1.19. The van der Waals surface area contributed by atoms with Crippen molar-refractivity contribution >= 4 is 67.4 Å². The fourth-order valence-electron chi connectivity index (χ4n) is 9.06. The van der Waals surface area contributed by atoms with Crippen molar-refractivity contribution in [2.75, 3.05) is 0 Å². The average Bonchev–Trinajstić information content (AvgIpc) is 3.32. The molecule has 0 aliphatic rings. The molecular formula is C60H40. The zero-order chi connectivity index (χ0) is 39.8. The van der Waals surface area contributed by atoms with Gasteiger partial charge in [0.15, 0.2) is 0 Å². The van der Waals surface area contributed by atoms with E-state index in [1.54, 1.807) is 0 Å². The van der Waals surface area contributed by atoms with Crippen molar-refractivity contribution in [3.63, 3.8) is 0 Å². The first-order valence-corrected chi connectivity index (χ1v) is 20.7. The van der Waals surface area contributed by atoms with Crippen molar-refractivity contribution in [3.05, 3.63) is 241 Å². The molecular weight excluding hydrogens is 721 g/mol. The molecule has 11 aromatic carbocycles. The first kappa shape index (κ1) is 35.4. The smallest absolute Gasteiger partial charge is 0.00201 e. The molecule has 0 heteroatoms. The zero-order valence-corrected chi connectivity index (χ0v) is 33.1. The Hall–Kier alpha value is -7.80. The first-order chi connectivity index (χ1) is 29.7. The highest BCUT2D eigenvalue weighted by Gasteiger charge is 2.17. The maximum Gasteiger partial charge on any atom is -0.00201 e. The van der Waals surface area contributed by atoms with Gasteiger partial charge in [-0.15, -0.1) is 0 Å². The highest BCUT2D eigenvalue weighted by atomic mass is 14.2. The van der Waals surface area contributed by atoms with Gasteiger partial charge in [-0.2, -0.15) is 0 Å². The largest absolute Gasteiger partial charge is 0.0622 e. The Bertz CT molecular complexity index is 3120. The van der Waals surface area contributed by atoms with E-state index in [-0.39, 0.29) is 0 Å². The Kier molecular flexibility index (Phi) is 8.95. The van der Waals surface area contributed by atoms with Gasteiger partial charge in [0.2, 0.25) is 0 Å². The summed E-state index contributed by atoms with van der Waals surface area (Å²) in [5.41, 5.74) is 14.6. The summed E-state index contributed by atoms with van der Waals surface area (Å²) < 4.78 is 0. The van der Waals surface area contributed by atoms with Crippen molar-refractivity contribution in [2.45, 2.75) is 0 Å². The molecule has 0 saturated carbocycles. The number of fused-ring (bicyclic) bond motifs is 2. The summed E-state index contributed by atoms with van der Waals surface area (Å²) in [6, 6.07) is 79.6. The van der Waals surface area contributed by atoms with Crippen molar-refractivity contribution in [1.29, 1.82) is 0 Å². The van der Waals surface area contributed by atoms with Crippen LogP contribution in [0, 0.1) is 0 Å². The summed E-state index contributed by atoms with van der Waals surface area (Å²) in [7, 11) is 0. The second kappa shape index (κ2) is 15.2. The van der Waals surface area contributed by atoms with Gasteiger partial charge in [-0.05, 0) is 122 Å². The number of rotatable bonds is 8. The third-order valence-electron chi connectivity index (χ3n) is 12.0. The van der Waals surface area contributed by atoms with Crippen LogP contribution in [0.25, 0.3) is 112 Å². The van der Waals surface area contributed by atoms with Crippen LogP contribution in [0.3, 0.4) is 0 Å². The standard InChI is InChI=1S/C60H40/c1-3-11-41(12-4-1)23-25-43-15-7-17-49(39-43)45-27-31-47(32-28-45)51-35-37-57-56-22-10-20-54-52(36-38-58(60(54)56)55-21-9-19-53(51)59(55)57)48-33-29-46(30-34-48)50-18-8-16-44(40-50)26-24-42-13-5-2-6-14-42/h1-40H. The maximum absolute atomic E-state index is 2.35. The van der Waals surface area contributed by atoms with E-state index in [9.17, 15) is 0 Å². The monoisotopic (exact) mass is 760 g/mol. The van der Waals surface area contributed by atoms with Gasteiger partial charge in [0.05, 0.1) is 0 Å². The summed E-state index contributed by atoms with van der Waals surface area (Å²) in [5, 5.41) is 10.4. The first-order valence-electron chi connectivity index (χ1n) is 20.7. The summed E-state index contributed by atoms with van der Waals surface area (Å²) in [6.07, 6.45) is 8.71. The van der Waals surface area contributed by atoms with E-state index in [1.807, 2.05) is 0 Å². The van der Waals surface area contributed by atoms with Crippen LogP contribution in [0.2, 0.25) is 0 Å². The number of benzene rings is 11. The summed E-state index contributed by atoms with van der Waals surface area (Å²) in [4.78, 5) is 0. The fraction of sp³-hybridized carbons (Fsp3) is 0. The van der Waals surface area contributed by atoms with Crippen molar-refractivity contribution < 1.29 is 0 Å². The van der Waals surface area contributed by atoms with E-state index in [2.05, 4.69) is 243 Å². The van der Waals surface area contributed by atoms with Crippen molar-refractivity contribution in [3.8, 4) is 44.5 Å². The molecule has 60 heavy (non-hydrogen) atoms. The Morgan fingerprint density at radius 1 is 0.200 bits per heavy atom. The minimum Gasteiger partial charge on any atom is -0.0622 e. The number of hydrogen-bond acceptors (Lipinski definition) is 0. The molecule has 11 rings (SSSR count). The van der Waals surface area contributed by atoms with Gasteiger partial charge in [0, 0.05) is 0 Å². The Morgan fingerprint density at radius 3 is 0.967 bits per heavy atom. The molecule has 0 fully saturated rings. The minimum atomic E-state index is 1.19. The van der Waals surface area contributed by atoms with Crippen LogP contribution in [0.15, 0.2) is 218 Å². The molecule has 0 unspecified atom stereocenters. The third kappa shape index (κ3) is 6.55. The van der Waals surface area contributed by atoms with E-state index >= 15 is 0 Å². The molecule has 0 spiro atoms. The van der Waals surface area contributed by atoms with E-state index < -0.39 is 0 Å². The van der Waals surface area contributed by atoms with E-state index in [0.29, 0.717) is 0 Å². The molecule has 0 radical (unpaired) electrons. The molecule has 0 aliphatic carbocycles. The molecule has 0 N–H and O–H groups in total. The molecule has 0 amide bonds. The van der Waals surface area contributed by atoms with Gasteiger partial charge in [0.1, 0.15) is 0 Å². The summed E-state index contributed by atoms with van der Waals surface area (Å²) in [5.74, 6) is 0. The predicted octanol–water partition coefficient (Wildman–Crippen LogP) is 16.7. The van der Waals surface area contributed by atoms with Gasteiger partial charge >= 0.3 is 0 Å². The quantitative estimate of drug-likeness (QED) is 0.0822. The maximum atomic E-state index is 2.35. The van der Waals surface area contributed by atoms with E-state index in [1.165, 1.54) is 110 Å². The molecule has 0 aliphatic heterocycles. The van der Waals surface area contributed by atoms with Crippen LogP contribution in [0.4, 0.5) is 0 Å². The van der Waals surface area contributed by atoms with E-state index in [4.69, 9.17) is 0 Å². The molecule has 0 saturated heterocycles. The summed E-state index contributed by atoms with van der Waals surface area (Å²) in [6.45, 7) is 0. The lowest BCUT2D eigenvalue weighted by Gasteiger charge is -2.18. The van der Waals surface area contributed by atoms with Gasteiger partial charge in [-0.1, -0.05) is 231 Å². The average molecular weight is 761 g/mol. The molecule has 0 nitrogen and oxygen atoms in total. The Morgan fingerprint density at radius 2 is 0.533 bits per heavy atom. The summed E-state index contributed by atoms with van der Waals surface area (Å²) >= 11 is 0. The van der Waals surface area contributed by atoms with Crippen LogP contribution < -0.4 is 0 Å². The molecule has 0 heterocycles. The topological polar surface area (TPSA) is 0 Å². The van der Waals surface area contributed by atoms with Gasteiger partial charge in [-0.25, -0.2) is 0 Å². The van der Waals surface area contributed by atoms with E-state index in [0.717, 1.165) is 0 Å². The molecule has 0 atom stereocenters. The number of hydrogen-bond donors (Lipinski definition) is 0. The lowest BCUT2D eigenvalue weighted by atomic mass is 9.85. The highest BCUT2D eigenvalue weighted by molar-refractivity contribution is 6.35. The van der Waals surface area contributed by atoms with Gasteiger partial charge in [0.25, 0.3) is 0 Å². The molecule has 0 aromatic heterocycles. The Balaban J connectivity index is 0.923. The molecule has 280 valence electrons. The zero-order valence-electron chi connectivity index (χ0n) is 33.1. The second-order valence-electron chi connectivity index (χ2n) is 15.7. The van der Waals surface area contributed by atoms with Crippen molar-refractivity contribution in [1.82, 2.24) is 0 Å². The van der Waals surface area contributed by atoms with Crippen LogP contribution in [-0.2, 0) is 0 Å². The molecule has 11 aromatic rings. The SMILES string of the molecule is C(=Cc1cccc(-c2ccc(-c3ccc4c5cccc6c(-c7ccc(-c8cccc(C=Cc9ccccc9)c8)cc7)ccc(c7cccc3c74)c65)cc2)c1)c1ccccc1. The van der Waals surface area contributed by atoms with Crippen LogP contribution in [0.1, 0.15) is 22.3 Å². The molecule has 0 bridgehead atoms. The third-order valence-corrected chi connectivity index (χ3v) is 12.0. The van der Waals surface area contributed by atoms with Gasteiger partial charge in [-0.3, -0.25) is 0 Å². The van der Waals surface area contributed by atoms with Crippen LogP contribution >= 0.6 is 0 Å². The predicted molar refractivity (Wildman–Crippen MR) is 260 cm³/mol. The van der Waals surface area contributed by atoms with Crippen molar-refractivity contribution in [2.24, 2.45) is 0 Å². The lowest BCUT2D eigenvalue weighted by molar-refractivity contribution is 1.59. The fourth-order valence-corrected chi connectivity index (χ4v) is 9.06. The van der Waals surface area contributed by atoms with Crippen LogP contribution in [-0.4, -0.2) is 0 Å². The van der Waals surface area contributed by atoms with Crippen LogP contribution in [0.5, 0.6) is 0 Å². The highest BCUT2D eigenvalue weighted by Crippen LogP contribution is 2.45. The lowest BCUT2D eigenvalue weighted by Crippen LogP contribution is -1.91. The van der Waals surface area contributed by atoms with Gasteiger partial charge < -0.3 is 0 Å².